The van der Waals surface area contributed by atoms with E-state index in [1.807, 2.05) is 12.1 Å². The minimum absolute atomic E-state index is 0.00962. The van der Waals surface area contributed by atoms with E-state index in [-0.39, 0.29) is 5.78 Å². The first kappa shape index (κ1) is 23.5. The fourth-order valence-electron chi connectivity index (χ4n) is 5.02. The first-order chi connectivity index (χ1) is 15.4. The molecule has 3 heterocycles. The third-order valence-electron chi connectivity index (χ3n) is 6.87. The highest BCUT2D eigenvalue weighted by Gasteiger charge is 2.34. The number of piperidine rings is 1. The molecule has 0 unspecified atom stereocenters. The summed E-state index contributed by atoms with van der Waals surface area (Å²) in [5.41, 5.74) is 1.89. The van der Waals surface area contributed by atoms with Gasteiger partial charge in [-0.2, -0.15) is 0 Å². The highest BCUT2D eigenvalue weighted by molar-refractivity contribution is 6.33. The van der Waals surface area contributed by atoms with Crippen LogP contribution in [-0.2, 0) is 6.54 Å². The lowest BCUT2D eigenvalue weighted by atomic mass is 9.98. The first-order valence-corrected chi connectivity index (χ1v) is 12.3. The average Bonchev–Trinajstić information content (AvgIpc) is 2.80. The fraction of sp³-hybridized carbons (Fsp3) is 0.520. The number of anilines is 1. The second-order valence-electron chi connectivity index (χ2n) is 8.97. The van der Waals surface area contributed by atoms with E-state index in [4.69, 9.17) is 23.2 Å². The Kier molecular flexibility index (Phi) is 7.72. The molecule has 1 atom stereocenters. The molecule has 2 aliphatic rings. The highest BCUT2D eigenvalue weighted by atomic mass is 35.5. The van der Waals surface area contributed by atoms with Crippen LogP contribution in [0.25, 0.3) is 0 Å². The molecule has 4 rings (SSSR count). The number of carbonyl (C=O) groups excluding carboxylic acids is 1. The zero-order chi connectivity index (χ0) is 22.7. The lowest BCUT2D eigenvalue weighted by molar-refractivity contribution is 0.0610. The van der Waals surface area contributed by atoms with E-state index in [2.05, 4.69) is 38.7 Å². The van der Waals surface area contributed by atoms with Crippen LogP contribution in [0.5, 0.6) is 0 Å². The lowest BCUT2D eigenvalue weighted by Crippen LogP contribution is -2.58. The van der Waals surface area contributed by atoms with E-state index in [1.54, 1.807) is 19.2 Å². The molecule has 0 amide bonds. The Morgan fingerprint density at radius 3 is 2.44 bits per heavy atom. The number of benzene rings is 1. The van der Waals surface area contributed by atoms with Crippen LogP contribution in [0, 0.1) is 0 Å². The van der Waals surface area contributed by atoms with Crippen LogP contribution in [0.15, 0.2) is 36.5 Å². The van der Waals surface area contributed by atoms with Crippen molar-refractivity contribution < 1.29 is 4.79 Å². The summed E-state index contributed by atoms with van der Waals surface area (Å²) in [6.07, 6.45) is 5.16. The van der Waals surface area contributed by atoms with Crippen molar-refractivity contribution in [2.75, 3.05) is 37.6 Å². The molecule has 0 N–H and O–H groups in total. The predicted molar refractivity (Wildman–Crippen MR) is 132 cm³/mol. The van der Waals surface area contributed by atoms with Crippen LogP contribution in [0.1, 0.15) is 49.0 Å². The number of halogens is 2. The Labute approximate surface area is 201 Å². The summed E-state index contributed by atoms with van der Waals surface area (Å²) in [5, 5.41) is 1.36. The number of carbonyl (C=O) groups is 1. The van der Waals surface area contributed by atoms with Gasteiger partial charge >= 0.3 is 0 Å². The topological polar surface area (TPSA) is 39.7 Å². The third-order valence-corrected chi connectivity index (χ3v) is 7.40. The number of likely N-dealkylation sites (tertiary alicyclic amines) is 1. The molecule has 2 fully saturated rings. The number of hydrogen-bond donors (Lipinski definition) is 0. The fourth-order valence-corrected chi connectivity index (χ4v) is 5.43. The van der Waals surface area contributed by atoms with Gasteiger partial charge in [-0.1, -0.05) is 42.3 Å². The van der Waals surface area contributed by atoms with Gasteiger partial charge in [0.2, 0.25) is 0 Å². The second kappa shape index (κ2) is 10.5. The van der Waals surface area contributed by atoms with Crippen LogP contribution in [0.2, 0.25) is 10.0 Å². The van der Waals surface area contributed by atoms with Crippen molar-refractivity contribution in [1.29, 1.82) is 0 Å². The molecule has 0 spiro atoms. The number of piperazine rings is 1. The molecule has 0 radical (unpaired) electrons. The maximum absolute atomic E-state index is 11.6. The molecule has 1 aromatic carbocycles. The second-order valence-corrected chi connectivity index (χ2v) is 9.81. The standard InChI is InChI=1S/C25H32Cl2N4O/c1-3-22-17-30(25-24(27)14-20(15-28-25)18(2)32)12-13-31(22)23-8-10-29(11-9-23)16-19-4-6-21(26)7-5-19/h4-7,14-15,22-23H,3,8-13,16-17H2,1-2H3/t22-/m0/s1. The molecule has 32 heavy (non-hydrogen) atoms. The molecule has 1 aromatic heterocycles. The summed E-state index contributed by atoms with van der Waals surface area (Å²) in [5.74, 6) is 0.789. The quantitative estimate of drug-likeness (QED) is 0.540. The van der Waals surface area contributed by atoms with E-state index in [0.29, 0.717) is 22.7 Å². The summed E-state index contributed by atoms with van der Waals surface area (Å²) in [7, 11) is 0. The molecular formula is C25H32Cl2N4O. The SMILES string of the molecule is CC[C@H]1CN(c2ncc(C(C)=O)cc2Cl)CCN1C1CCN(Cc2ccc(Cl)cc2)CC1. The van der Waals surface area contributed by atoms with Crippen molar-refractivity contribution in [3.8, 4) is 0 Å². The number of nitrogens with zero attached hydrogens (tertiary/aromatic N) is 4. The first-order valence-electron chi connectivity index (χ1n) is 11.6. The zero-order valence-electron chi connectivity index (χ0n) is 18.9. The number of rotatable bonds is 6. The van der Waals surface area contributed by atoms with Gasteiger partial charge in [-0.3, -0.25) is 14.6 Å². The van der Waals surface area contributed by atoms with Gasteiger partial charge in [0.1, 0.15) is 5.82 Å². The molecule has 0 aliphatic carbocycles. The maximum Gasteiger partial charge on any atom is 0.161 e. The van der Waals surface area contributed by atoms with Gasteiger partial charge in [-0.15, -0.1) is 0 Å². The van der Waals surface area contributed by atoms with Crippen molar-refractivity contribution >= 4 is 34.8 Å². The maximum atomic E-state index is 11.6. The molecule has 172 valence electrons. The zero-order valence-corrected chi connectivity index (χ0v) is 20.4. The summed E-state index contributed by atoms with van der Waals surface area (Å²) in [6, 6.07) is 11.1. The van der Waals surface area contributed by atoms with Gasteiger partial charge in [-0.25, -0.2) is 4.98 Å². The van der Waals surface area contributed by atoms with Crippen molar-refractivity contribution in [3.63, 3.8) is 0 Å². The van der Waals surface area contributed by atoms with E-state index in [1.165, 1.54) is 18.4 Å². The number of hydrogen-bond acceptors (Lipinski definition) is 5. The van der Waals surface area contributed by atoms with Crippen LogP contribution in [0.3, 0.4) is 0 Å². The van der Waals surface area contributed by atoms with Gasteiger partial charge < -0.3 is 4.90 Å². The van der Waals surface area contributed by atoms with Crippen molar-refractivity contribution in [3.05, 3.63) is 57.7 Å². The summed E-state index contributed by atoms with van der Waals surface area (Å²) >= 11 is 12.5. The monoisotopic (exact) mass is 474 g/mol. The van der Waals surface area contributed by atoms with E-state index in [0.717, 1.165) is 56.5 Å². The minimum atomic E-state index is -0.00962. The molecule has 7 heteroatoms. The summed E-state index contributed by atoms with van der Waals surface area (Å²) in [4.78, 5) is 23.7. The van der Waals surface area contributed by atoms with Gasteiger partial charge in [-0.05, 0) is 63.0 Å². The van der Waals surface area contributed by atoms with E-state index >= 15 is 0 Å². The van der Waals surface area contributed by atoms with E-state index < -0.39 is 0 Å². The lowest BCUT2D eigenvalue weighted by Gasteiger charge is -2.47. The minimum Gasteiger partial charge on any atom is -0.353 e. The molecule has 0 saturated carbocycles. The van der Waals surface area contributed by atoms with Crippen molar-refractivity contribution in [2.45, 2.75) is 51.7 Å². The molecule has 2 aromatic rings. The largest absolute Gasteiger partial charge is 0.353 e. The van der Waals surface area contributed by atoms with Crippen molar-refractivity contribution in [1.82, 2.24) is 14.8 Å². The van der Waals surface area contributed by atoms with Gasteiger partial charge in [0.15, 0.2) is 5.78 Å². The molecule has 5 nitrogen and oxygen atoms in total. The van der Waals surface area contributed by atoms with Crippen molar-refractivity contribution in [2.24, 2.45) is 0 Å². The van der Waals surface area contributed by atoms with Crippen LogP contribution < -0.4 is 4.90 Å². The van der Waals surface area contributed by atoms with Crippen LogP contribution in [0.4, 0.5) is 5.82 Å². The van der Waals surface area contributed by atoms with Gasteiger partial charge in [0.25, 0.3) is 0 Å². The normalized spacial score (nSPS) is 21.1. The van der Waals surface area contributed by atoms with Gasteiger partial charge in [0, 0.05) is 55.0 Å². The number of Topliss-reactive ketones (excluding diaryl/α,β-unsaturated/α-hetero) is 1. The molecule has 2 aliphatic heterocycles. The molecule has 0 bridgehead atoms. The van der Waals surface area contributed by atoms with Crippen LogP contribution >= 0.6 is 23.2 Å². The number of aromatic nitrogens is 1. The smallest absolute Gasteiger partial charge is 0.161 e. The Morgan fingerprint density at radius 1 is 1.09 bits per heavy atom. The van der Waals surface area contributed by atoms with Crippen LogP contribution in [-0.4, -0.2) is 65.4 Å². The summed E-state index contributed by atoms with van der Waals surface area (Å²) < 4.78 is 0. The molecular weight excluding hydrogens is 443 g/mol. The summed E-state index contributed by atoms with van der Waals surface area (Å²) in [6.45, 7) is 9.92. The Hall–Kier alpha value is -1.66. The molecule has 2 saturated heterocycles. The highest BCUT2D eigenvalue weighted by Crippen LogP contribution is 2.30. The van der Waals surface area contributed by atoms with Gasteiger partial charge in [0.05, 0.1) is 5.02 Å². The number of ketones is 1. The third kappa shape index (κ3) is 5.45. The Balaban J connectivity index is 1.34. The predicted octanol–water partition coefficient (Wildman–Crippen LogP) is 5.16. The Bertz CT molecular complexity index is 928. The van der Waals surface area contributed by atoms with E-state index in [9.17, 15) is 4.79 Å². The number of pyridine rings is 1. The average molecular weight is 475 g/mol. The Morgan fingerprint density at radius 2 is 1.81 bits per heavy atom.